The van der Waals surface area contributed by atoms with Crippen LogP contribution < -0.4 is 5.32 Å². The van der Waals surface area contributed by atoms with Crippen LogP contribution in [0.3, 0.4) is 0 Å². The lowest BCUT2D eigenvalue weighted by molar-refractivity contribution is -0.120. The van der Waals surface area contributed by atoms with Crippen LogP contribution in [0.25, 0.3) is 6.08 Å². The largest absolute Gasteiger partial charge is 0.465 e. The van der Waals surface area contributed by atoms with Crippen molar-refractivity contribution in [2.45, 2.75) is 44.6 Å². The number of likely N-dealkylation sites (N-methyl/N-ethyl adjacent to an activating group) is 2. The number of carbonyl (C=O) groups is 3. The zero-order valence-electron chi connectivity index (χ0n) is 24.8. The molecule has 0 fully saturated rings. The number of methoxy groups -OCH3 is 1. The lowest BCUT2D eigenvalue weighted by Crippen LogP contribution is -2.39. The first-order valence-corrected chi connectivity index (χ1v) is 13.8. The Labute approximate surface area is 241 Å². The summed E-state index contributed by atoms with van der Waals surface area (Å²) >= 11 is 0. The standard InChI is InChI=1S/C31H40N4O6/c1-30(2,3)41-29(38)35(5)12-11-34(4)13-15-40-14-7-8-21-16-25-26(32-20-21)33-28(37)31(25)18-23-10-9-22(27(36)39-6)17-24(23)19-31/h7-10,16-17,20H,11-15,18-19H2,1-6H3,(H,32,33,37). The summed E-state index contributed by atoms with van der Waals surface area (Å²) in [6, 6.07) is 7.49. The van der Waals surface area contributed by atoms with Gasteiger partial charge in [0.1, 0.15) is 11.4 Å². The van der Waals surface area contributed by atoms with E-state index in [-0.39, 0.29) is 12.0 Å². The van der Waals surface area contributed by atoms with Gasteiger partial charge in [0.25, 0.3) is 0 Å². The number of amides is 2. The molecule has 2 aromatic rings. The normalized spacial score (nSPS) is 17.6. The average Bonchev–Trinajstić information content (AvgIpc) is 3.44. The van der Waals surface area contributed by atoms with Crippen molar-refractivity contribution in [3.05, 3.63) is 64.4 Å². The third-order valence-electron chi connectivity index (χ3n) is 7.37. The summed E-state index contributed by atoms with van der Waals surface area (Å²) in [5, 5.41) is 2.94. The van der Waals surface area contributed by atoms with E-state index in [4.69, 9.17) is 14.2 Å². The maximum absolute atomic E-state index is 13.2. The van der Waals surface area contributed by atoms with Crippen molar-refractivity contribution in [1.82, 2.24) is 14.8 Å². The van der Waals surface area contributed by atoms with Crippen LogP contribution >= 0.6 is 0 Å². The molecule has 41 heavy (non-hydrogen) atoms. The van der Waals surface area contributed by atoms with E-state index >= 15 is 0 Å². The number of nitrogens with one attached hydrogen (secondary N) is 1. The Morgan fingerprint density at radius 1 is 1.10 bits per heavy atom. The van der Waals surface area contributed by atoms with E-state index < -0.39 is 17.0 Å². The Bertz CT molecular complexity index is 1330. The van der Waals surface area contributed by atoms with E-state index in [0.29, 0.717) is 50.5 Å². The molecular weight excluding hydrogens is 524 g/mol. The van der Waals surface area contributed by atoms with Crippen LogP contribution in [0.5, 0.6) is 0 Å². The highest BCUT2D eigenvalue weighted by Crippen LogP contribution is 2.47. The molecule has 1 atom stereocenters. The van der Waals surface area contributed by atoms with Gasteiger partial charge in [0.15, 0.2) is 0 Å². The summed E-state index contributed by atoms with van der Waals surface area (Å²) in [6.07, 6.45) is 6.35. The Morgan fingerprint density at radius 2 is 1.85 bits per heavy atom. The number of benzene rings is 1. The minimum absolute atomic E-state index is 0.0679. The van der Waals surface area contributed by atoms with Crippen molar-refractivity contribution < 1.29 is 28.6 Å². The van der Waals surface area contributed by atoms with E-state index in [9.17, 15) is 14.4 Å². The van der Waals surface area contributed by atoms with E-state index in [2.05, 4.69) is 15.2 Å². The molecule has 2 aliphatic rings. The van der Waals surface area contributed by atoms with Gasteiger partial charge in [0.2, 0.25) is 5.91 Å². The minimum Gasteiger partial charge on any atom is -0.465 e. The van der Waals surface area contributed by atoms with Crippen LogP contribution in [-0.4, -0.2) is 92.4 Å². The molecule has 10 heteroatoms. The van der Waals surface area contributed by atoms with Crippen LogP contribution in [0, 0.1) is 0 Å². The summed E-state index contributed by atoms with van der Waals surface area (Å²) in [7, 11) is 5.08. The number of esters is 1. The molecular formula is C31H40N4O6. The van der Waals surface area contributed by atoms with Gasteiger partial charge in [-0.25, -0.2) is 14.6 Å². The van der Waals surface area contributed by atoms with Gasteiger partial charge in [-0.15, -0.1) is 0 Å². The number of aromatic nitrogens is 1. The van der Waals surface area contributed by atoms with Crippen molar-refractivity contribution in [3.63, 3.8) is 0 Å². The van der Waals surface area contributed by atoms with Crippen LogP contribution in [0.2, 0.25) is 0 Å². The van der Waals surface area contributed by atoms with Crippen LogP contribution in [0.4, 0.5) is 10.6 Å². The zero-order chi connectivity index (χ0) is 29.8. The molecule has 1 aromatic carbocycles. The molecule has 4 rings (SSSR count). The molecule has 10 nitrogen and oxygen atoms in total. The monoisotopic (exact) mass is 564 g/mol. The van der Waals surface area contributed by atoms with Gasteiger partial charge >= 0.3 is 12.1 Å². The molecule has 0 saturated heterocycles. The summed E-state index contributed by atoms with van der Waals surface area (Å²) in [5.74, 6) is 0.130. The van der Waals surface area contributed by atoms with E-state index in [0.717, 1.165) is 28.8 Å². The third-order valence-corrected chi connectivity index (χ3v) is 7.37. The predicted octanol–water partition coefficient (Wildman–Crippen LogP) is 3.69. The number of pyridine rings is 1. The summed E-state index contributed by atoms with van der Waals surface area (Å²) < 4.78 is 16.0. The fourth-order valence-corrected chi connectivity index (χ4v) is 5.08. The lowest BCUT2D eigenvalue weighted by Gasteiger charge is -2.26. The second kappa shape index (κ2) is 12.4. The van der Waals surface area contributed by atoms with Gasteiger partial charge in [0, 0.05) is 38.4 Å². The predicted molar refractivity (Wildman–Crippen MR) is 156 cm³/mol. The highest BCUT2D eigenvalue weighted by molar-refractivity contribution is 6.06. The molecule has 1 aromatic heterocycles. The molecule has 2 heterocycles. The number of fused-ring (bicyclic) bond motifs is 3. The fraction of sp³-hybridized carbons (Fsp3) is 0.484. The molecule has 0 bridgehead atoms. The lowest BCUT2D eigenvalue weighted by atomic mass is 9.79. The maximum atomic E-state index is 13.2. The first-order chi connectivity index (χ1) is 19.4. The SMILES string of the molecule is COC(=O)c1ccc2c(c1)CC1(C2)C(=O)Nc2ncc(C=CCOCCN(C)CCN(C)C(=O)OC(C)(C)C)cc21. The second-order valence-corrected chi connectivity index (χ2v) is 11.7. The molecule has 220 valence electrons. The fourth-order valence-electron chi connectivity index (χ4n) is 5.08. The molecule has 0 saturated carbocycles. The Morgan fingerprint density at radius 3 is 2.59 bits per heavy atom. The summed E-state index contributed by atoms with van der Waals surface area (Å²) in [5.41, 5.74) is 3.03. The quantitative estimate of drug-likeness (QED) is 0.344. The number of carbonyl (C=O) groups excluding carboxylic acids is 3. The Kier molecular flexibility index (Phi) is 9.14. The number of hydrogen-bond donors (Lipinski definition) is 1. The second-order valence-electron chi connectivity index (χ2n) is 11.7. The third kappa shape index (κ3) is 7.12. The van der Waals surface area contributed by atoms with E-state index in [1.165, 1.54) is 7.11 Å². The number of ether oxygens (including phenoxy) is 3. The summed E-state index contributed by atoms with van der Waals surface area (Å²) in [6.45, 7) is 8.54. The molecule has 1 unspecified atom stereocenters. The van der Waals surface area contributed by atoms with Gasteiger partial charge in [-0.05, 0) is 75.5 Å². The number of hydrogen-bond acceptors (Lipinski definition) is 8. The van der Waals surface area contributed by atoms with Gasteiger partial charge in [-0.2, -0.15) is 0 Å². The Hall–Kier alpha value is -3.76. The highest BCUT2D eigenvalue weighted by Gasteiger charge is 2.51. The highest BCUT2D eigenvalue weighted by atomic mass is 16.6. The smallest absolute Gasteiger partial charge is 0.410 e. The average molecular weight is 565 g/mol. The van der Waals surface area contributed by atoms with Gasteiger partial charge in [-0.1, -0.05) is 18.2 Å². The van der Waals surface area contributed by atoms with E-state index in [1.54, 1.807) is 24.2 Å². The molecule has 1 spiro atoms. The zero-order valence-corrected chi connectivity index (χ0v) is 24.8. The number of anilines is 1. The van der Waals surface area contributed by atoms with Crippen molar-refractivity contribution in [2.75, 3.05) is 59.4 Å². The van der Waals surface area contributed by atoms with Crippen LogP contribution in [0.15, 0.2) is 36.5 Å². The molecule has 1 aliphatic carbocycles. The van der Waals surface area contributed by atoms with Gasteiger partial charge in [-0.3, -0.25) is 4.79 Å². The minimum atomic E-state index is -0.734. The number of rotatable bonds is 10. The van der Waals surface area contributed by atoms with Crippen LogP contribution in [-0.2, 0) is 37.3 Å². The van der Waals surface area contributed by atoms with Gasteiger partial charge in [0.05, 0.1) is 31.3 Å². The van der Waals surface area contributed by atoms with Gasteiger partial charge < -0.3 is 29.3 Å². The number of nitrogens with zero attached hydrogens (tertiary/aromatic N) is 3. The van der Waals surface area contributed by atoms with Crippen LogP contribution in [0.1, 0.15) is 53.4 Å². The maximum Gasteiger partial charge on any atom is 0.410 e. The molecule has 1 N–H and O–H groups in total. The van der Waals surface area contributed by atoms with Crippen molar-refractivity contribution in [3.8, 4) is 0 Å². The molecule has 1 aliphatic heterocycles. The van der Waals surface area contributed by atoms with Crippen molar-refractivity contribution >= 4 is 29.9 Å². The Balaban J connectivity index is 1.27. The summed E-state index contributed by atoms with van der Waals surface area (Å²) in [4.78, 5) is 45.4. The molecule has 2 amide bonds. The van der Waals surface area contributed by atoms with Crippen molar-refractivity contribution in [2.24, 2.45) is 0 Å². The van der Waals surface area contributed by atoms with E-state index in [1.807, 2.05) is 58.2 Å². The first kappa shape index (κ1) is 30.2. The van der Waals surface area contributed by atoms with Crippen molar-refractivity contribution in [1.29, 1.82) is 0 Å². The topological polar surface area (TPSA) is 110 Å². The first-order valence-electron chi connectivity index (χ1n) is 13.8. The molecule has 0 radical (unpaired) electrons.